The number of thiophene rings is 1. The minimum Gasteiger partial charge on any atom is -0.487 e. The van der Waals surface area contributed by atoms with Crippen LogP contribution in [0.2, 0.25) is 5.02 Å². The molecular formula is C23H24ClN3O2S. The van der Waals surface area contributed by atoms with Gasteiger partial charge in [0.25, 0.3) is 5.91 Å². The zero-order valence-corrected chi connectivity index (χ0v) is 18.4. The number of rotatable bonds is 6. The summed E-state index contributed by atoms with van der Waals surface area (Å²) in [5.74, 6) is 0.868. The summed E-state index contributed by atoms with van der Waals surface area (Å²) in [4.78, 5) is 21.8. The Bertz CT molecular complexity index is 1000. The molecule has 0 saturated heterocycles. The lowest BCUT2D eigenvalue weighted by molar-refractivity contribution is 0.0947. The minimum atomic E-state index is -0.0234. The number of carbonyl (C=O) groups is 1. The molecule has 5 nitrogen and oxygen atoms in total. The van der Waals surface area contributed by atoms with Crippen molar-refractivity contribution < 1.29 is 9.53 Å². The second-order valence-corrected chi connectivity index (χ2v) is 9.06. The van der Waals surface area contributed by atoms with E-state index in [1.807, 2.05) is 30.3 Å². The maximum atomic E-state index is 12.4. The molecule has 1 aliphatic carbocycles. The number of aromatic nitrogens is 2. The molecule has 0 unspecified atom stereocenters. The number of hydrogen-bond acceptors (Lipinski definition) is 5. The van der Waals surface area contributed by atoms with Crippen LogP contribution in [-0.4, -0.2) is 29.5 Å². The standard InChI is InChI=1S/C23H24ClN3O2S/c1-29-21-7-6-20(30-21)23(28)27-13-15-2-4-17(5-3-15)22-19(12-18(24)14-26-22)16-8-10-25-11-9-16/h6-12,14-15,17H,2-5,13H2,1H3,(H,27,28). The third-order valence-corrected chi connectivity index (χ3v) is 6.92. The molecular weight excluding hydrogens is 418 g/mol. The van der Waals surface area contributed by atoms with Crippen molar-refractivity contribution in [3.05, 3.63) is 64.5 Å². The fraction of sp³-hybridized carbons (Fsp3) is 0.348. The number of nitrogens with one attached hydrogen (secondary N) is 1. The van der Waals surface area contributed by atoms with Crippen molar-refractivity contribution in [3.63, 3.8) is 0 Å². The number of carbonyl (C=O) groups excluding carboxylic acids is 1. The summed E-state index contributed by atoms with van der Waals surface area (Å²) in [5.41, 5.74) is 3.29. The third-order valence-electron chi connectivity index (χ3n) is 5.67. The highest BCUT2D eigenvalue weighted by molar-refractivity contribution is 7.15. The van der Waals surface area contributed by atoms with Gasteiger partial charge in [0.2, 0.25) is 0 Å². The third kappa shape index (κ3) is 4.82. The highest BCUT2D eigenvalue weighted by Crippen LogP contribution is 2.39. The number of methoxy groups -OCH3 is 1. The summed E-state index contributed by atoms with van der Waals surface area (Å²) in [6.45, 7) is 0.705. The molecule has 1 N–H and O–H groups in total. The van der Waals surface area contributed by atoms with E-state index >= 15 is 0 Å². The quantitative estimate of drug-likeness (QED) is 0.543. The van der Waals surface area contributed by atoms with Crippen LogP contribution in [0, 0.1) is 5.92 Å². The molecule has 4 rings (SSSR count). The van der Waals surface area contributed by atoms with Gasteiger partial charge >= 0.3 is 0 Å². The molecule has 0 spiro atoms. The molecule has 3 aromatic heterocycles. The molecule has 3 heterocycles. The predicted molar refractivity (Wildman–Crippen MR) is 120 cm³/mol. The number of hydrogen-bond donors (Lipinski definition) is 1. The number of halogens is 1. The van der Waals surface area contributed by atoms with Crippen molar-refractivity contribution in [2.24, 2.45) is 5.92 Å². The number of nitrogens with zero attached hydrogens (tertiary/aromatic N) is 2. The highest BCUT2D eigenvalue weighted by atomic mass is 35.5. The monoisotopic (exact) mass is 441 g/mol. The topological polar surface area (TPSA) is 64.1 Å². The molecule has 1 fully saturated rings. The normalized spacial score (nSPS) is 18.7. The van der Waals surface area contributed by atoms with Crippen LogP contribution >= 0.6 is 22.9 Å². The molecule has 0 aromatic carbocycles. The molecule has 1 saturated carbocycles. The Balaban J connectivity index is 1.36. The largest absolute Gasteiger partial charge is 0.487 e. The first-order valence-corrected chi connectivity index (χ1v) is 11.3. The van der Waals surface area contributed by atoms with Crippen molar-refractivity contribution in [1.29, 1.82) is 0 Å². The van der Waals surface area contributed by atoms with Crippen molar-refractivity contribution in [3.8, 4) is 16.2 Å². The minimum absolute atomic E-state index is 0.0234. The first kappa shape index (κ1) is 20.8. The van der Waals surface area contributed by atoms with E-state index in [0.717, 1.165) is 47.6 Å². The smallest absolute Gasteiger partial charge is 0.261 e. The Morgan fingerprint density at radius 2 is 1.97 bits per heavy atom. The number of pyridine rings is 2. The molecule has 1 aliphatic rings. The van der Waals surface area contributed by atoms with Gasteiger partial charge in [0.1, 0.15) is 0 Å². The van der Waals surface area contributed by atoms with Crippen molar-refractivity contribution in [1.82, 2.24) is 15.3 Å². The molecule has 156 valence electrons. The van der Waals surface area contributed by atoms with Crippen LogP contribution in [0.1, 0.15) is 47.0 Å². The van der Waals surface area contributed by atoms with Gasteiger partial charge < -0.3 is 10.1 Å². The van der Waals surface area contributed by atoms with Crippen LogP contribution in [0.15, 0.2) is 48.9 Å². The van der Waals surface area contributed by atoms with E-state index in [1.165, 1.54) is 11.3 Å². The highest BCUT2D eigenvalue weighted by Gasteiger charge is 2.26. The summed E-state index contributed by atoms with van der Waals surface area (Å²) < 4.78 is 5.16. The summed E-state index contributed by atoms with van der Waals surface area (Å²) in [6.07, 6.45) is 9.58. The van der Waals surface area contributed by atoms with Crippen LogP contribution in [0.25, 0.3) is 11.1 Å². The van der Waals surface area contributed by atoms with Gasteiger partial charge in [0.05, 0.1) is 22.7 Å². The van der Waals surface area contributed by atoms with Gasteiger partial charge in [0, 0.05) is 36.6 Å². The van der Waals surface area contributed by atoms with E-state index in [-0.39, 0.29) is 5.91 Å². The van der Waals surface area contributed by atoms with Gasteiger partial charge in [-0.25, -0.2) is 0 Å². The molecule has 0 atom stereocenters. The zero-order valence-electron chi connectivity index (χ0n) is 16.8. The predicted octanol–water partition coefficient (Wildman–Crippen LogP) is 5.57. The van der Waals surface area contributed by atoms with Gasteiger partial charge in [-0.05, 0) is 67.5 Å². The van der Waals surface area contributed by atoms with Crippen LogP contribution < -0.4 is 10.1 Å². The van der Waals surface area contributed by atoms with Crippen LogP contribution in [0.4, 0.5) is 0 Å². The van der Waals surface area contributed by atoms with Gasteiger partial charge in [-0.3, -0.25) is 14.8 Å². The lowest BCUT2D eigenvalue weighted by Gasteiger charge is -2.29. The first-order valence-electron chi connectivity index (χ1n) is 10.1. The van der Waals surface area contributed by atoms with Gasteiger partial charge in [0.15, 0.2) is 5.06 Å². The average Bonchev–Trinajstić information content (AvgIpc) is 3.28. The van der Waals surface area contributed by atoms with Crippen LogP contribution in [-0.2, 0) is 0 Å². The Hall–Kier alpha value is -2.44. The Morgan fingerprint density at radius 1 is 1.20 bits per heavy atom. The maximum absolute atomic E-state index is 12.4. The average molecular weight is 442 g/mol. The Labute approximate surface area is 185 Å². The summed E-state index contributed by atoms with van der Waals surface area (Å²) >= 11 is 7.60. The van der Waals surface area contributed by atoms with Gasteiger partial charge in [-0.1, -0.05) is 22.9 Å². The fourth-order valence-corrected chi connectivity index (χ4v) is 4.95. The lowest BCUT2D eigenvalue weighted by atomic mass is 9.78. The van der Waals surface area contributed by atoms with E-state index < -0.39 is 0 Å². The molecule has 30 heavy (non-hydrogen) atoms. The fourth-order valence-electron chi connectivity index (χ4n) is 4.05. The number of ether oxygens (including phenoxy) is 1. The van der Waals surface area contributed by atoms with E-state index in [4.69, 9.17) is 21.3 Å². The lowest BCUT2D eigenvalue weighted by Crippen LogP contribution is -2.30. The Kier molecular flexibility index (Phi) is 6.65. The van der Waals surface area contributed by atoms with Crippen LogP contribution in [0.3, 0.4) is 0 Å². The summed E-state index contributed by atoms with van der Waals surface area (Å²) in [5, 5.41) is 4.48. The number of amides is 1. The maximum Gasteiger partial charge on any atom is 0.261 e. The van der Waals surface area contributed by atoms with E-state index in [9.17, 15) is 4.79 Å². The van der Waals surface area contributed by atoms with Crippen molar-refractivity contribution >= 4 is 28.8 Å². The van der Waals surface area contributed by atoms with E-state index in [1.54, 1.807) is 25.7 Å². The van der Waals surface area contributed by atoms with Gasteiger partial charge in [-0.2, -0.15) is 0 Å². The SMILES string of the molecule is COc1ccc(C(=O)NCC2CCC(c3ncc(Cl)cc3-c3ccncc3)CC2)s1. The second kappa shape index (κ2) is 9.58. The van der Waals surface area contributed by atoms with E-state index in [0.29, 0.717) is 28.3 Å². The summed E-state index contributed by atoms with van der Waals surface area (Å²) in [7, 11) is 1.61. The van der Waals surface area contributed by atoms with Crippen LogP contribution in [0.5, 0.6) is 5.06 Å². The molecule has 3 aromatic rings. The molecule has 0 aliphatic heterocycles. The first-order chi connectivity index (χ1) is 14.6. The van der Waals surface area contributed by atoms with E-state index in [2.05, 4.69) is 10.3 Å². The van der Waals surface area contributed by atoms with Crippen molar-refractivity contribution in [2.45, 2.75) is 31.6 Å². The van der Waals surface area contributed by atoms with Crippen molar-refractivity contribution in [2.75, 3.05) is 13.7 Å². The molecule has 0 bridgehead atoms. The second-order valence-electron chi connectivity index (χ2n) is 7.57. The molecule has 0 radical (unpaired) electrons. The summed E-state index contributed by atoms with van der Waals surface area (Å²) in [6, 6.07) is 9.63. The molecule has 1 amide bonds. The van der Waals surface area contributed by atoms with Gasteiger partial charge in [-0.15, -0.1) is 0 Å². The molecule has 7 heteroatoms. The Morgan fingerprint density at radius 3 is 2.67 bits per heavy atom. The zero-order chi connectivity index (χ0) is 20.9.